The standard InChI is InChI=1S/C28H37N5O/c1-7-23-15-29-26(31-23)27(34)32-25-9-8-22(20(4)33-16-18(2)30-19(3)17-33)14-24(25)21-10-12-28(5,6)13-11-21/h1,8-10,14-15,18-20,30H,11-13,16-17H2,2-6H3,(H,29,31)(H,32,34)/t18-,19+,20?. The molecular weight excluding hydrogens is 422 g/mol. The van der Waals surface area contributed by atoms with Gasteiger partial charge < -0.3 is 15.6 Å². The smallest absolute Gasteiger partial charge is 0.291 e. The molecule has 3 N–H and O–H groups in total. The highest BCUT2D eigenvalue weighted by atomic mass is 16.2. The number of hydrogen-bond donors (Lipinski definition) is 3. The average Bonchev–Trinajstić information content (AvgIpc) is 3.28. The summed E-state index contributed by atoms with van der Waals surface area (Å²) in [7, 11) is 0. The number of rotatable bonds is 5. The van der Waals surface area contributed by atoms with Crippen LogP contribution in [0.4, 0.5) is 5.69 Å². The molecule has 34 heavy (non-hydrogen) atoms. The van der Waals surface area contributed by atoms with Crippen molar-refractivity contribution in [1.82, 2.24) is 20.2 Å². The van der Waals surface area contributed by atoms with Crippen molar-refractivity contribution < 1.29 is 4.79 Å². The first-order valence-electron chi connectivity index (χ1n) is 12.3. The van der Waals surface area contributed by atoms with Crippen LogP contribution in [-0.4, -0.2) is 45.9 Å². The van der Waals surface area contributed by atoms with Gasteiger partial charge in [0.15, 0.2) is 5.82 Å². The summed E-state index contributed by atoms with van der Waals surface area (Å²) in [6.45, 7) is 13.4. The van der Waals surface area contributed by atoms with E-state index in [1.54, 1.807) is 6.20 Å². The predicted molar refractivity (Wildman–Crippen MR) is 139 cm³/mol. The third kappa shape index (κ3) is 5.43. The second kappa shape index (κ2) is 9.77. The Bertz CT molecular complexity index is 1110. The molecule has 1 aromatic heterocycles. The Balaban J connectivity index is 1.65. The Morgan fingerprint density at radius 1 is 1.29 bits per heavy atom. The van der Waals surface area contributed by atoms with E-state index < -0.39 is 0 Å². The van der Waals surface area contributed by atoms with Crippen molar-refractivity contribution in [3.8, 4) is 12.3 Å². The van der Waals surface area contributed by atoms with Gasteiger partial charge in [0.05, 0.1) is 0 Å². The van der Waals surface area contributed by atoms with E-state index in [1.165, 1.54) is 11.1 Å². The number of anilines is 1. The SMILES string of the molecule is C#Cc1c[nH]c(C(=O)Nc2ccc(C(C)N3C[C@@H](C)N[C@@H](C)C3)cc2C2=CCC(C)(C)CC2)n1. The molecule has 4 rings (SSSR count). The van der Waals surface area contributed by atoms with Crippen molar-refractivity contribution in [2.45, 2.75) is 72.0 Å². The zero-order chi connectivity index (χ0) is 24.5. The first kappa shape index (κ1) is 24.3. The maximum absolute atomic E-state index is 12.9. The van der Waals surface area contributed by atoms with Crippen molar-refractivity contribution in [3.63, 3.8) is 0 Å². The van der Waals surface area contributed by atoms with Crippen LogP contribution in [0.15, 0.2) is 30.5 Å². The molecule has 0 saturated carbocycles. The van der Waals surface area contributed by atoms with E-state index in [-0.39, 0.29) is 11.7 Å². The zero-order valence-corrected chi connectivity index (χ0v) is 21.0. The highest BCUT2D eigenvalue weighted by molar-refractivity contribution is 6.03. The molecule has 2 aliphatic rings. The number of benzene rings is 1. The minimum atomic E-state index is -0.287. The average molecular weight is 460 g/mol. The quantitative estimate of drug-likeness (QED) is 0.552. The van der Waals surface area contributed by atoms with E-state index in [0.717, 1.165) is 43.6 Å². The number of carbonyl (C=O) groups is 1. The Labute approximate surface area is 203 Å². The van der Waals surface area contributed by atoms with Crippen LogP contribution >= 0.6 is 0 Å². The second-order valence-corrected chi connectivity index (χ2v) is 10.7. The lowest BCUT2D eigenvalue weighted by atomic mass is 9.76. The van der Waals surface area contributed by atoms with Crippen LogP contribution < -0.4 is 10.6 Å². The van der Waals surface area contributed by atoms with Gasteiger partial charge in [-0.15, -0.1) is 6.42 Å². The minimum Gasteiger partial charge on any atom is -0.339 e. The lowest BCUT2D eigenvalue weighted by Gasteiger charge is -2.40. The van der Waals surface area contributed by atoms with Crippen molar-refractivity contribution in [1.29, 1.82) is 0 Å². The van der Waals surface area contributed by atoms with Gasteiger partial charge in [-0.05, 0) is 74.6 Å². The number of carbonyl (C=O) groups excluding carboxylic acids is 1. The van der Waals surface area contributed by atoms with E-state index >= 15 is 0 Å². The van der Waals surface area contributed by atoms with Crippen LogP contribution in [0.2, 0.25) is 0 Å². The van der Waals surface area contributed by atoms with Crippen LogP contribution in [0.25, 0.3) is 5.57 Å². The zero-order valence-electron chi connectivity index (χ0n) is 21.0. The minimum absolute atomic E-state index is 0.221. The number of aromatic amines is 1. The molecule has 1 amide bonds. The molecule has 0 spiro atoms. The Hall–Kier alpha value is -2.88. The van der Waals surface area contributed by atoms with Crippen LogP contribution in [0.5, 0.6) is 0 Å². The van der Waals surface area contributed by atoms with Crippen LogP contribution in [0, 0.1) is 17.8 Å². The van der Waals surface area contributed by atoms with Gasteiger partial charge in [0.2, 0.25) is 0 Å². The second-order valence-electron chi connectivity index (χ2n) is 10.7. The number of nitrogens with zero attached hydrogens (tertiary/aromatic N) is 2. The van der Waals surface area contributed by atoms with Crippen molar-refractivity contribution in [3.05, 3.63) is 53.1 Å². The van der Waals surface area contributed by atoms with Gasteiger partial charge >= 0.3 is 0 Å². The monoisotopic (exact) mass is 459 g/mol. The number of hydrogen-bond acceptors (Lipinski definition) is 4. The molecule has 1 saturated heterocycles. The summed E-state index contributed by atoms with van der Waals surface area (Å²) < 4.78 is 0. The molecule has 3 atom stereocenters. The number of aromatic nitrogens is 2. The maximum Gasteiger partial charge on any atom is 0.291 e. The summed E-state index contributed by atoms with van der Waals surface area (Å²) in [5, 5.41) is 6.70. The Morgan fingerprint density at radius 2 is 2.03 bits per heavy atom. The number of allylic oxidation sites excluding steroid dienone is 2. The predicted octanol–water partition coefficient (Wildman–Crippen LogP) is 4.98. The Kier molecular flexibility index (Phi) is 6.97. The number of nitrogens with one attached hydrogen (secondary N) is 3. The number of piperazine rings is 1. The van der Waals surface area contributed by atoms with Crippen LogP contribution in [-0.2, 0) is 0 Å². The third-order valence-corrected chi connectivity index (χ3v) is 7.17. The van der Waals surface area contributed by atoms with Crippen LogP contribution in [0.3, 0.4) is 0 Å². The van der Waals surface area contributed by atoms with Gasteiger partial charge in [0.1, 0.15) is 5.69 Å². The van der Waals surface area contributed by atoms with Crippen molar-refractivity contribution in [2.24, 2.45) is 5.41 Å². The van der Waals surface area contributed by atoms with Crippen molar-refractivity contribution in [2.75, 3.05) is 18.4 Å². The maximum atomic E-state index is 12.9. The number of terminal acetylenes is 1. The van der Waals surface area contributed by atoms with Gasteiger partial charge in [-0.2, -0.15) is 0 Å². The molecule has 0 radical (unpaired) electrons. The molecule has 1 aromatic carbocycles. The summed E-state index contributed by atoms with van der Waals surface area (Å²) >= 11 is 0. The summed E-state index contributed by atoms with van der Waals surface area (Å²) in [5.41, 5.74) is 5.22. The number of amides is 1. The van der Waals surface area contributed by atoms with Gasteiger partial charge in [0, 0.05) is 48.7 Å². The molecule has 2 aromatic rings. The molecule has 0 bridgehead atoms. The fraction of sp³-hybridized carbons (Fsp3) is 0.500. The molecule has 1 unspecified atom stereocenters. The topological polar surface area (TPSA) is 73.1 Å². The van der Waals surface area contributed by atoms with Crippen molar-refractivity contribution >= 4 is 17.2 Å². The first-order chi connectivity index (χ1) is 16.1. The first-order valence-corrected chi connectivity index (χ1v) is 12.3. The van der Waals surface area contributed by atoms with E-state index in [9.17, 15) is 4.79 Å². The Morgan fingerprint density at radius 3 is 2.65 bits per heavy atom. The van der Waals surface area contributed by atoms with Gasteiger partial charge in [-0.3, -0.25) is 9.69 Å². The lowest BCUT2D eigenvalue weighted by molar-refractivity contribution is 0.101. The van der Waals surface area contributed by atoms with Gasteiger partial charge in [-0.1, -0.05) is 26.0 Å². The highest BCUT2D eigenvalue weighted by Crippen LogP contribution is 2.41. The number of H-pyrrole nitrogens is 1. The molecule has 1 aliphatic heterocycles. The summed E-state index contributed by atoms with van der Waals surface area (Å²) in [6, 6.07) is 7.68. The van der Waals surface area contributed by atoms with Gasteiger partial charge in [-0.25, -0.2) is 4.98 Å². The van der Waals surface area contributed by atoms with E-state index in [1.807, 2.05) is 6.07 Å². The lowest BCUT2D eigenvalue weighted by Crippen LogP contribution is -2.54. The fourth-order valence-electron chi connectivity index (χ4n) is 5.11. The number of imidazole rings is 1. The summed E-state index contributed by atoms with van der Waals surface area (Å²) in [6.07, 6.45) is 12.5. The fourth-order valence-corrected chi connectivity index (χ4v) is 5.11. The molecule has 2 heterocycles. The summed E-state index contributed by atoms with van der Waals surface area (Å²) in [5.74, 6) is 2.39. The molecule has 6 heteroatoms. The third-order valence-electron chi connectivity index (χ3n) is 7.17. The largest absolute Gasteiger partial charge is 0.339 e. The molecule has 180 valence electrons. The van der Waals surface area contributed by atoms with E-state index in [2.05, 4.69) is 84.2 Å². The molecule has 6 nitrogen and oxygen atoms in total. The van der Waals surface area contributed by atoms with E-state index in [4.69, 9.17) is 6.42 Å². The van der Waals surface area contributed by atoms with Crippen LogP contribution in [0.1, 0.15) is 87.4 Å². The molecular formula is C28H37N5O. The normalized spacial score (nSPS) is 23.6. The summed E-state index contributed by atoms with van der Waals surface area (Å²) in [4.78, 5) is 22.5. The molecule has 1 aliphatic carbocycles. The van der Waals surface area contributed by atoms with Gasteiger partial charge in [0.25, 0.3) is 5.91 Å². The van der Waals surface area contributed by atoms with E-state index in [0.29, 0.717) is 29.2 Å². The molecule has 1 fully saturated rings. The highest BCUT2D eigenvalue weighted by Gasteiger charge is 2.27.